The third-order valence-corrected chi connectivity index (χ3v) is 6.51. The number of benzene rings is 2. The largest absolute Gasteiger partial charge is 0.483 e. The highest BCUT2D eigenvalue weighted by molar-refractivity contribution is 7.89. The Hall–Kier alpha value is -2.91. The molecule has 2 rings (SSSR count). The summed E-state index contributed by atoms with van der Waals surface area (Å²) in [6, 6.07) is 11.3. The molecular weight excluding hydrogens is 406 g/mol. The van der Waals surface area contributed by atoms with E-state index in [1.807, 2.05) is 0 Å². The van der Waals surface area contributed by atoms with Crippen LogP contribution in [0.25, 0.3) is 0 Å². The van der Waals surface area contributed by atoms with Crippen LogP contribution in [0.5, 0.6) is 5.75 Å². The van der Waals surface area contributed by atoms with E-state index < -0.39 is 15.9 Å². The summed E-state index contributed by atoms with van der Waals surface area (Å²) in [7, 11) is -3.55. The van der Waals surface area contributed by atoms with Gasteiger partial charge in [-0.1, -0.05) is 26.0 Å². The molecule has 0 radical (unpaired) electrons. The number of rotatable bonds is 10. The molecule has 0 fully saturated rings. The maximum Gasteiger partial charge on any atom is 0.262 e. The quantitative estimate of drug-likeness (QED) is 0.595. The van der Waals surface area contributed by atoms with Gasteiger partial charge in [-0.25, -0.2) is 8.42 Å². The van der Waals surface area contributed by atoms with Crippen molar-refractivity contribution in [2.75, 3.05) is 25.0 Å². The molecule has 8 nitrogen and oxygen atoms in total. The van der Waals surface area contributed by atoms with Crippen molar-refractivity contribution in [1.82, 2.24) is 4.31 Å². The molecule has 0 heterocycles. The summed E-state index contributed by atoms with van der Waals surface area (Å²) in [5, 5.41) is 2.70. The van der Waals surface area contributed by atoms with Gasteiger partial charge in [-0.15, -0.1) is 0 Å². The monoisotopic (exact) mass is 433 g/mol. The molecule has 3 N–H and O–H groups in total. The smallest absolute Gasteiger partial charge is 0.262 e. The van der Waals surface area contributed by atoms with Crippen LogP contribution < -0.4 is 15.8 Å². The first-order valence-electron chi connectivity index (χ1n) is 9.58. The molecule has 162 valence electrons. The van der Waals surface area contributed by atoms with E-state index in [9.17, 15) is 18.0 Å². The van der Waals surface area contributed by atoms with Gasteiger partial charge in [0, 0.05) is 18.8 Å². The average molecular weight is 434 g/mol. The highest BCUT2D eigenvalue weighted by atomic mass is 32.2. The average Bonchev–Trinajstić information content (AvgIpc) is 2.69. The second kappa shape index (κ2) is 10.2. The molecular formula is C21H27N3O5S. The third-order valence-electron chi connectivity index (χ3n) is 4.46. The Morgan fingerprint density at radius 3 is 2.23 bits per heavy atom. The SMILES string of the molecule is CCN(CC)S(=O)(=O)c1ccc(OCC(=O)Nc2ccc(CC(N)=O)cc2)c(C)c1. The number of anilines is 1. The van der Waals surface area contributed by atoms with Crippen LogP contribution in [-0.4, -0.2) is 44.2 Å². The summed E-state index contributed by atoms with van der Waals surface area (Å²) >= 11 is 0. The molecule has 0 saturated heterocycles. The lowest BCUT2D eigenvalue weighted by molar-refractivity contribution is -0.118. The fourth-order valence-electron chi connectivity index (χ4n) is 2.90. The Balaban J connectivity index is 1.99. The van der Waals surface area contributed by atoms with Crippen molar-refractivity contribution in [2.24, 2.45) is 5.73 Å². The van der Waals surface area contributed by atoms with Crippen molar-refractivity contribution in [2.45, 2.75) is 32.1 Å². The zero-order valence-electron chi connectivity index (χ0n) is 17.3. The Labute approximate surface area is 177 Å². The number of hydrogen-bond acceptors (Lipinski definition) is 5. The molecule has 2 amide bonds. The number of ether oxygens (including phenoxy) is 1. The number of hydrogen-bond donors (Lipinski definition) is 2. The van der Waals surface area contributed by atoms with Gasteiger partial charge in [-0.2, -0.15) is 4.31 Å². The summed E-state index contributed by atoms with van der Waals surface area (Å²) in [6.45, 7) is 5.85. The van der Waals surface area contributed by atoms with Crippen LogP contribution in [0.3, 0.4) is 0 Å². The molecule has 0 aliphatic heterocycles. The second-order valence-electron chi connectivity index (χ2n) is 6.69. The van der Waals surface area contributed by atoms with Gasteiger partial charge >= 0.3 is 0 Å². The maximum absolute atomic E-state index is 12.6. The molecule has 0 saturated carbocycles. The topological polar surface area (TPSA) is 119 Å². The molecule has 30 heavy (non-hydrogen) atoms. The van der Waals surface area contributed by atoms with Gasteiger partial charge in [-0.3, -0.25) is 9.59 Å². The number of carbonyl (C=O) groups excluding carboxylic acids is 2. The fraction of sp³-hybridized carbons (Fsp3) is 0.333. The van der Waals surface area contributed by atoms with Crippen molar-refractivity contribution in [3.8, 4) is 5.75 Å². The summed E-state index contributed by atoms with van der Waals surface area (Å²) < 4.78 is 32.1. The number of amides is 2. The van der Waals surface area contributed by atoms with Gasteiger partial charge in [-0.05, 0) is 48.4 Å². The molecule has 9 heteroatoms. The van der Waals surface area contributed by atoms with Crippen molar-refractivity contribution < 1.29 is 22.7 Å². The van der Waals surface area contributed by atoms with Gasteiger partial charge in [0.25, 0.3) is 5.91 Å². The lowest BCUT2D eigenvalue weighted by atomic mass is 10.1. The minimum absolute atomic E-state index is 0.136. The van der Waals surface area contributed by atoms with Crippen LogP contribution in [-0.2, 0) is 26.0 Å². The summed E-state index contributed by atoms with van der Waals surface area (Å²) in [5.41, 5.74) is 7.09. The van der Waals surface area contributed by atoms with Crippen molar-refractivity contribution in [3.05, 3.63) is 53.6 Å². The van der Waals surface area contributed by atoms with Gasteiger partial charge in [0.05, 0.1) is 11.3 Å². The predicted octanol–water partition coefficient (Wildman–Crippen LogP) is 2.07. The molecule has 0 aliphatic rings. The number of carbonyl (C=O) groups is 2. The molecule has 0 aromatic heterocycles. The molecule has 0 aliphatic carbocycles. The fourth-order valence-corrected chi connectivity index (χ4v) is 4.45. The minimum atomic E-state index is -3.55. The standard InChI is InChI=1S/C21H27N3O5S/c1-4-24(5-2)30(27,28)18-10-11-19(15(3)12-18)29-14-21(26)23-17-8-6-16(7-9-17)13-20(22)25/h6-12H,4-5,13-14H2,1-3H3,(H2,22,25)(H,23,26). The van der Waals surface area contributed by atoms with Crippen molar-refractivity contribution in [1.29, 1.82) is 0 Å². The van der Waals surface area contributed by atoms with Gasteiger partial charge in [0.15, 0.2) is 6.61 Å². The molecule has 0 unspecified atom stereocenters. The van der Waals surface area contributed by atoms with Crippen LogP contribution in [0, 0.1) is 6.92 Å². The van der Waals surface area contributed by atoms with Crippen molar-refractivity contribution in [3.63, 3.8) is 0 Å². The van der Waals surface area contributed by atoms with Crippen LogP contribution in [0.2, 0.25) is 0 Å². The summed E-state index contributed by atoms with van der Waals surface area (Å²) in [5.74, 6) is -0.358. The van der Waals surface area contributed by atoms with E-state index in [0.717, 1.165) is 5.56 Å². The number of sulfonamides is 1. The lowest BCUT2D eigenvalue weighted by Crippen LogP contribution is -2.30. The number of aryl methyl sites for hydroxylation is 1. The van der Waals surface area contributed by atoms with Crippen LogP contribution in [0.15, 0.2) is 47.4 Å². The highest BCUT2D eigenvalue weighted by Gasteiger charge is 2.22. The first kappa shape index (κ1) is 23.4. The zero-order chi connectivity index (χ0) is 22.3. The van der Waals surface area contributed by atoms with E-state index >= 15 is 0 Å². The first-order valence-corrected chi connectivity index (χ1v) is 11.0. The normalized spacial score (nSPS) is 11.3. The molecule has 2 aromatic rings. The van der Waals surface area contributed by atoms with E-state index in [1.165, 1.54) is 10.4 Å². The molecule has 0 atom stereocenters. The van der Waals surface area contributed by atoms with E-state index in [2.05, 4.69) is 5.32 Å². The molecule has 2 aromatic carbocycles. The van der Waals surface area contributed by atoms with Crippen LogP contribution in [0.4, 0.5) is 5.69 Å². The second-order valence-corrected chi connectivity index (χ2v) is 8.63. The number of nitrogens with zero attached hydrogens (tertiary/aromatic N) is 1. The van der Waals surface area contributed by atoms with E-state index in [4.69, 9.17) is 10.5 Å². The van der Waals surface area contributed by atoms with Crippen molar-refractivity contribution >= 4 is 27.5 Å². The molecule has 0 bridgehead atoms. The van der Waals surface area contributed by atoms with Gasteiger partial charge in [0.1, 0.15) is 5.75 Å². The van der Waals surface area contributed by atoms with E-state index in [1.54, 1.807) is 57.2 Å². The van der Waals surface area contributed by atoms with E-state index in [0.29, 0.717) is 30.1 Å². The Kier molecular flexibility index (Phi) is 7.96. The lowest BCUT2D eigenvalue weighted by Gasteiger charge is -2.19. The summed E-state index contributed by atoms with van der Waals surface area (Å²) in [6.07, 6.45) is 0.136. The minimum Gasteiger partial charge on any atom is -0.483 e. The van der Waals surface area contributed by atoms with E-state index in [-0.39, 0.29) is 23.8 Å². The number of nitrogens with one attached hydrogen (secondary N) is 1. The highest BCUT2D eigenvalue weighted by Crippen LogP contribution is 2.24. The first-order chi connectivity index (χ1) is 14.2. The predicted molar refractivity (Wildman–Crippen MR) is 115 cm³/mol. The Morgan fingerprint density at radius 2 is 1.70 bits per heavy atom. The molecule has 0 spiro atoms. The van der Waals surface area contributed by atoms with Crippen LogP contribution >= 0.6 is 0 Å². The van der Waals surface area contributed by atoms with Gasteiger partial charge < -0.3 is 15.8 Å². The Bertz CT molecular complexity index is 1000. The Morgan fingerprint density at radius 1 is 1.07 bits per heavy atom. The third kappa shape index (κ3) is 6.04. The zero-order valence-corrected chi connectivity index (χ0v) is 18.2. The summed E-state index contributed by atoms with van der Waals surface area (Å²) in [4.78, 5) is 23.3. The van der Waals surface area contributed by atoms with Gasteiger partial charge in [0.2, 0.25) is 15.9 Å². The number of nitrogens with two attached hydrogens (primary N) is 1. The number of primary amides is 1. The van der Waals surface area contributed by atoms with Crippen LogP contribution in [0.1, 0.15) is 25.0 Å². The maximum atomic E-state index is 12.6.